The maximum atomic E-state index is 12.2. The van der Waals surface area contributed by atoms with E-state index in [1.165, 1.54) is 38.4 Å². The molecule has 24 heavy (non-hydrogen) atoms. The number of fused-ring (bicyclic) bond motifs is 5. The van der Waals surface area contributed by atoms with Crippen molar-refractivity contribution in [2.24, 2.45) is 28.6 Å². The van der Waals surface area contributed by atoms with Gasteiger partial charge >= 0.3 is 11.9 Å². The molecule has 1 heterocycles. The number of ether oxygens (including phenoxy) is 2. The highest BCUT2D eigenvalue weighted by atomic mass is 16.6. The van der Waals surface area contributed by atoms with Crippen molar-refractivity contribution < 1.29 is 19.1 Å². The molecule has 0 bridgehead atoms. The number of rotatable bonds is 1. The summed E-state index contributed by atoms with van der Waals surface area (Å²) in [7, 11) is 1.33. The highest BCUT2D eigenvalue weighted by molar-refractivity contribution is 5.96. The van der Waals surface area contributed by atoms with E-state index in [2.05, 4.69) is 19.9 Å². The summed E-state index contributed by atoms with van der Waals surface area (Å²) in [5.41, 5.74) is 1.67. The van der Waals surface area contributed by atoms with E-state index in [-0.39, 0.29) is 5.41 Å². The zero-order valence-electron chi connectivity index (χ0n) is 14.8. The first-order valence-electron chi connectivity index (χ1n) is 9.11. The van der Waals surface area contributed by atoms with Crippen LogP contribution in [0.5, 0.6) is 0 Å². The van der Waals surface area contributed by atoms with Crippen LogP contribution in [0.2, 0.25) is 0 Å². The van der Waals surface area contributed by atoms with E-state index < -0.39 is 17.9 Å². The molecule has 0 aromatic rings. The van der Waals surface area contributed by atoms with Crippen molar-refractivity contribution in [2.45, 2.75) is 52.4 Å². The first-order valence-corrected chi connectivity index (χ1v) is 9.11. The summed E-state index contributed by atoms with van der Waals surface area (Å²) in [6.07, 6.45) is 10.9. The zero-order chi connectivity index (χ0) is 17.1. The number of allylic oxidation sites excluding steroid dienone is 4. The normalized spacial score (nSPS) is 43.6. The fourth-order valence-electron chi connectivity index (χ4n) is 5.84. The Morgan fingerprint density at radius 3 is 2.75 bits per heavy atom. The molecule has 0 aromatic heterocycles. The molecule has 0 N–H and O–H groups in total. The summed E-state index contributed by atoms with van der Waals surface area (Å²) < 4.78 is 10.4. The number of methoxy groups -OCH3 is 1. The largest absolute Gasteiger partial charge is 0.468 e. The molecule has 0 radical (unpaired) electrons. The number of hydrogen-bond donors (Lipinski definition) is 0. The molecule has 1 unspecified atom stereocenters. The molecule has 4 aliphatic rings. The molecule has 3 fully saturated rings. The number of carbonyl (C=O) groups excluding carboxylic acids is 2. The standard InChI is InChI=1S/C20H26O4/c1-19-9-4-5-14(19)12-6-7-16-20(2,15(12)8-10-19)11-13(17(21)23-3)18(22)24-16/h6-7,13-15H,4-5,8-11H2,1-3H3/t13?,14-,15+,19-,20+/m0/s1. The van der Waals surface area contributed by atoms with Gasteiger partial charge in [-0.1, -0.05) is 31.9 Å². The van der Waals surface area contributed by atoms with Crippen LogP contribution in [-0.4, -0.2) is 19.0 Å². The summed E-state index contributed by atoms with van der Waals surface area (Å²) in [5, 5.41) is 0. The van der Waals surface area contributed by atoms with Crippen LogP contribution in [0.15, 0.2) is 23.5 Å². The van der Waals surface area contributed by atoms with E-state index in [1.54, 1.807) is 0 Å². The lowest BCUT2D eigenvalue weighted by molar-refractivity contribution is -0.167. The molecular formula is C20H26O4. The molecule has 5 atom stereocenters. The Morgan fingerprint density at radius 2 is 2.00 bits per heavy atom. The summed E-state index contributed by atoms with van der Waals surface area (Å²) in [4.78, 5) is 24.2. The SMILES string of the molecule is COC(=O)C1C[C@@]2(C)C(=CC=C3[C@H]2CC[C@]2(C)CCC[C@@H]32)OC1=O. The first-order chi connectivity index (χ1) is 11.4. The molecule has 3 aliphatic carbocycles. The van der Waals surface area contributed by atoms with Crippen molar-refractivity contribution in [3.8, 4) is 0 Å². The van der Waals surface area contributed by atoms with Gasteiger partial charge < -0.3 is 9.47 Å². The van der Waals surface area contributed by atoms with Gasteiger partial charge in [-0.25, -0.2) is 0 Å². The Labute approximate surface area is 143 Å². The van der Waals surface area contributed by atoms with Gasteiger partial charge in [0, 0.05) is 5.41 Å². The second-order valence-electron chi connectivity index (χ2n) is 8.51. The molecule has 4 heteroatoms. The van der Waals surface area contributed by atoms with Gasteiger partial charge in [-0.3, -0.25) is 9.59 Å². The van der Waals surface area contributed by atoms with Crippen molar-refractivity contribution in [1.82, 2.24) is 0 Å². The lowest BCUT2D eigenvalue weighted by Gasteiger charge is -2.52. The van der Waals surface area contributed by atoms with E-state index >= 15 is 0 Å². The van der Waals surface area contributed by atoms with E-state index in [4.69, 9.17) is 9.47 Å². The second kappa shape index (κ2) is 5.21. The van der Waals surface area contributed by atoms with Crippen LogP contribution in [-0.2, 0) is 19.1 Å². The first kappa shape index (κ1) is 15.9. The number of hydrogen-bond acceptors (Lipinski definition) is 4. The van der Waals surface area contributed by atoms with Crippen molar-refractivity contribution in [3.63, 3.8) is 0 Å². The second-order valence-corrected chi connectivity index (χ2v) is 8.51. The van der Waals surface area contributed by atoms with E-state index in [0.29, 0.717) is 23.7 Å². The third-order valence-electron chi connectivity index (χ3n) is 7.26. The molecule has 4 rings (SSSR count). The average molecular weight is 330 g/mol. The van der Waals surface area contributed by atoms with Gasteiger partial charge in [0.15, 0.2) is 5.92 Å². The summed E-state index contributed by atoms with van der Waals surface area (Å²) >= 11 is 0. The molecule has 1 saturated heterocycles. The minimum atomic E-state index is -0.798. The van der Waals surface area contributed by atoms with Gasteiger partial charge in [0.05, 0.1) is 7.11 Å². The van der Waals surface area contributed by atoms with Crippen LogP contribution in [0.4, 0.5) is 0 Å². The molecule has 130 valence electrons. The summed E-state index contributed by atoms with van der Waals surface area (Å²) in [5.74, 6) is 0.00670. The number of esters is 2. The molecule has 0 amide bonds. The molecule has 0 spiro atoms. The summed E-state index contributed by atoms with van der Waals surface area (Å²) in [6.45, 7) is 4.60. The minimum Gasteiger partial charge on any atom is -0.468 e. The van der Waals surface area contributed by atoms with Gasteiger partial charge in [-0.2, -0.15) is 0 Å². The maximum Gasteiger partial charge on any atom is 0.325 e. The smallest absolute Gasteiger partial charge is 0.325 e. The monoisotopic (exact) mass is 330 g/mol. The topological polar surface area (TPSA) is 52.6 Å². The summed E-state index contributed by atoms with van der Waals surface area (Å²) in [6, 6.07) is 0. The van der Waals surface area contributed by atoms with Crippen molar-refractivity contribution in [3.05, 3.63) is 23.5 Å². The molecule has 0 aromatic carbocycles. The van der Waals surface area contributed by atoms with Crippen molar-refractivity contribution in [2.75, 3.05) is 7.11 Å². The predicted molar refractivity (Wildman–Crippen MR) is 88.7 cm³/mol. The van der Waals surface area contributed by atoms with Crippen molar-refractivity contribution in [1.29, 1.82) is 0 Å². The van der Waals surface area contributed by atoms with E-state index in [0.717, 1.165) is 12.2 Å². The van der Waals surface area contributed by atoms with Gasteiger partial charge in [-0.05, 0) is 55.4 Å². The number of carbonyl (C=O) groups is 2. The fraction of sp³-hybridized carbons (Fsp3) is 0.700. The quantitative estimate of drug-likeness (QED) is 0.542. The maximum absolute atomic E-state index is 12.2. The fourth-order valence-corrected chi connectivity index (χ4v) is 5.84. The predicted octanol–water partition coefficient (Wildman–Crippen LogP) is 3.77. The Morgan fingerprint density at radius 1 is 1.21 bits per heavy atom. The molecule has 2 saturated carbocycles. The highest BCUT2D eigenvalue weighted by Crippen LogP contribution is 2.63. The molecule has 4 nitrogen and oxygen atoms in total. The Bertz CT molecular complexity index is 661. The molecular weight excluding hydrogens is 304 g/mol. The lowest BCUT2D eigenvalue weighted by Crippen LogP contribution is -2.48. The minimum absolute atomic E-state index is 0.277. The Kier molecular flexibility index (Phi) is 3.45. The molecule has 1 aliphatic heterocycles. The van der Waals surface area contributed by atoms with Gasteiger partial charge in [0.1, 0.15) is 5.76 Å². The van der Waals surface area contributed by atoms with Gasteiger partial charge in [0.25, 0.3) is 0 Å². The van der Waals surface area contributed by atoms with E-state index in [9.17, 15) is 9.59 Å². The van der Waals surface area contributed by atoms with Gasteiger partial charge in [-0.15, -0.1) is 0 Å². The lowest BCUT2D eigenvalue weighted by atomic mass is 9.53. The average Bonchev–Trinajstić information content (AvgIpc) is 2.96. The van der Waals surface area contributed by atoms with Crippen LogP contribution in [0, 0.1) is 28.6 Å². The van der Waals surface area contributed by atoms with E-state index in [1.807, 2.05) is 6.08 Å². The third-order valence-corrected chi connectivity index (χ3v) is 7.26. The van der Waals surface area contributed by atoms with Crippen LogP contribution in [0.25, 0.3) is 0 Å². The third kappa shape index (κ3) is 2.04. The Hall–Kier alpha value is -1.58. The van der Waals surface area contributed by atoms with Crippen LogP contribution in [0.1, 0.15) is 52.4 Å². The van der Waals surface area contributed by atoms with Crippen molar-refractivity contribution >= 4 is 11.9 Å². The van der Waals surface area contributed by atoms with Crippen LogP contribution < -0.4 is 0 Å². The van der Waals surface area contributed by atoms with Crippen LogP contribution in [0.3, 0.4) is 0 Å². The Balaban J connectivity index is 1.71. The highest BCUT2D eigenvalue weighted by Gasteiger charge is 2.56. The van der Waals surface area contributed by atoms with Gasteiger partial charge in [0.2, 0.25) is 0 Å². The zero-order valence-corrected chi connectivity index (χ0v) is 14.8. The van der Waals surface area contributed by atoms with Crippen LogP contribution >= 0.6 is 0 Å².